The van der Waals surface area contributed by atoms with Gasteiger partial charge in [-0.3, -0.25) is 0 Å². The van der Waals surface area contributed by atoms with Crippen LogP contribution in [0.3, 0.4) is 0 Å². The van der Waals surface area contributed by atoms with Crippen molar-refractivity contribution in [3.05, 3.63) is 59.8 Å². The second-order valence-electron chi connectivity index (χ2n) is 8.42. The minimum absolute atomic E-state index is 0.00629. The summed E-state index contributed by atoms with van der Waals surface area (Å²) in [6.45, 7) is 0.872. The molecule has 0 radical (unpaired) electrons. The van der Waals surface area contributed by atoms with Crippen molar-refractivity contribution < 1.29 is 35.9 Å². The number of piperazine rings is 1. The normalized spacial score (nSPS) is 14.7. The van der Waals surface area contributed by atoms with E-state index in [0.29, 0.717) is 36.8 Å². The summed E-state index contributed by atoms with van der Waals surface area (Å²) >= 11 is 0.950. The molecule has 3 heterocycles. The van der Waals surface area contributed by atoms with Gasteiger partial charge in [0, 0.05) is 49.0 Å². The lowest BCUT2D eigenvalue weighted by Gasteiger charge is -2.34. The lowest BCUT2D eigenvalue weighted by atomic mass is 10.1. The largest absolute Gasteiger partial charge is 0.435 e. The van der Waals surface area contributed by atoms with Gasteiger partial charge in [0.1, 0.15) is 5.75 Å². The third kappa shape index (κ3) is 5.46. The molecule has 0 unspecified atom stereocenters. The average molecular weight is 556 g/mol. The molecule has 0 aliphatic carbocycles. The molecule has 2 aromatic carbocycles. The van der Waals surface area contributed by atoms with E-state index in [4.69, 9.17) is 4.74 Å². The van der Waals surface area contributed by atoms with E-state index in [0.717, 1.165) is 22.6 Å². The molecule has 2 N–H and O–H groups in total. The highest BCUT2D eigenvalue weighted by Gasteiger charge is 2.37. The number of ether oxygens (including phenoxy) is 1. The van der Waals surface area contributed by atoms with Crippen LogP contribution in [-0.4, -0.2) is 50.8 Å². The number of alkyl halides is 6. The molecule has 0 atom stereocenters. The number of urea groups is 1. The maximum atomic E-state index is 13.1. The predicted molar refractivity (Wildman–Crippen MR) is 128 cm³/mol. The molecule has 0 bridgehead atoms. The molecule has 1 aliphatic rings. The first kappa shape index (κ1) is 25.6. The number of amides is 2. The molecule has 1 fully saturated rings. The Kier molecular flexibility index (Phi) is 6.54. The number of fused-ring (bicyclic) bond motifs is 1. The first-order valence-corrected chi connectivity index (χ1v) is 11.9. The Morgan fingerprint density at radius 1 is 0.921 bits per heavy atom. The number of hydrogen-bond acceptors (Lipinski definition) is 6. The number of benzene rings is 2. The molecule has 4 aromatic rings. The molecule has 8 nitrogen and oxygen atoms in total. The van der Waals surface area contributed by atoms with E-state index in [-0.39, 0.29) is 25.0 Å². The van der Waals surface area contributed by atoms with Crippen molar-refractivity contribution in [2.45, 2.75) is 12.4 Å². The summed E-state index contributed by atoms with van der Waals surface area (Å²) in [5, 5.41) is 3.11. The fraction of sp³-hybridized carbons (Fsp3) is 0.261. The van der Waals surface area contributed by atoms with Crippen LogP contribution >= 0.6 is 11.7 Å². The Hall–Kier alpha value is -4.01. The van der Waals surface area contributed by atoms with Crippen molar-refractivity contribution in [3.63, 3.8) is 0 Å². The van der Waals surface area contributed by atoms with Gasteiger partial charge < -0.3 is 24.8 Å². The summed E-state index contributed by atoms with van der Waals surface area (Å²) in [7, 11) is 0. The zero-order chi connectivity index (χ0) is 27.1. The van der Waals surface area contributed by atoms with E-state index >= 15 is 0 Å². The molecule has 2 amide bonds. The number of anilines is 2. The minimum Gasteiger partial charge on any atom is -0.435 e. The van der Waals surface area contributed by atoms with E-state index in [1.807, 2.05) is 29.3 Å². The Morgan fingerprint density at radius 2 is 1.61 bits per heavy atom. The zero-order valence-corrected chi connectivity index (χ0v) is 20.0. The lowest BCUT2D eigenvalue weighted by Crippen LogP contribution is -2.50. The highest BCUT2D eigenvalue weighted by atomic mass is 32.1. The van der Waals surface area contributed by atoms with Gasteiger partial charge in [-0.1, -0.05) is 0 Å². The number of carbonyl (C=O) groups is 1. The van der Waals surface area contributed by atoms with Crippen LogP contribution in [0.2, 0.25) is 0 Å². The number of nitrogens with zero attached hydrogens (tertiary/aromatic N) is 4. The van der Waals surface area contributed by atoms with E-state index in [2.05, 4.69) is 19.0 Å². The van der Waals surface area contributed by atoms with Gasteiger partial charge >= 0.3 is 18.4 Å². The first-order chi connectivity index (χ1) is 18.0. The predicted octanol–water partition coefficient (Wildman–Crippen LogP) is 6.20. The average Bonchev–Trinajstić information content (AvgIpc) is 3.52. The van der Waals surface area contributed by atoms with Crippen LogP contribution in [0.5, 0.6) is 11.6 Å². The van der Waals surface area contributed by atoms with Gasteiger partial charge in [-0.25, -0.2) is 4.79 Å². The van der Waals surface area contributed by atoms with Crippen LogP contribution in [0, 0.1) is 0 Å². The highest BCUT2D eigenvalue weighted by Crippen LogP contribution is 2.38. The fourth-order valence-corrected chi connectivity index (χ4v) is 4.50. The van der Waals surface area contributed by atoms with E-state index in [1.54, 1.807) is 6.07 Å². The van der Waals surface area contributed by atoms with E-state index in [9.17, 15) is 31.1 Å². The molecule has 5 rings (SSSR count). The van der Waals surface area contributed by atoms with Crippen LogP contribution in [0.1, 0.15) is 11.1 Å². The van der Waals surface area contributed by atoms with Gasteiger partial charge in [0.2, 0.25) is 5.82 Å². The second kappa shape index (κ2) is 9.70. The summed E-state index contributed by atoms with van der Waals surface area (Å²) in [5.41, 5.74) is -2.67. The maximum absolute atomic E-state index is 13.1. The zero-order valence-electron chi connectivity index (χ0n) is 19.2. The van der Waals surface area contributed by atoms with Crippen LogP contribution in [-0.2, 0) is 12.4 Å². The van der Waals surface area contributed by atoms with Crippen molar-refractivity contribution in [1.82, 2.24) is 18.6 Å². The van der Waals surface area contributed by atoms with Crippen LogP contribution in [0.15, 0.2) is 48.7 Å². The number of H-pyrrole nitrogens is 1. The van der Waals surface area contributed by atoms with Gasteiger partial charge in [0.05, 0.1) is 22.9 Å². The summed E-state index contributed by atoms with van der Waals surface area (Å²) in [4.78, 5) is 18.9. The van der Waals surface area contributed by atoms with E-state index in [1.165, 1.54) is 4.90 Å². The van der Waals surface area contributed by atoms with Crippen molar-refractivity contribution >= 4 is 40.2 Å². The lowest BCUT2D eigenvalue weighted by molar-refractivity contribution is -0.143. The summed E-state index contributed by atoms with van der Waals surface area (Å²) in [5.74, 6) is 1.31. The Balaban J connectivity index is 1.24. The highest BCUT2D eigenvalue weighted by molar-refractivity contribution is 6.99. The smallest absolute Gasteiger partial charge is 0.416 e. The minimum atomic E-state index is -5.01. The number of rotatable bonds is 4. The van der Waals surface area contributed by atoms with Gasteiger partial charge in [-0.05, 0) is 42.5 Å². The van der Waals surface area contributed by atoms with E-state index < -0.39 is 35.2 Å². The standard InChI is InChI=1S/C23H18F6N6O2S/c24-22(25,26)14-10-15(23(27,28)29)12-16(11-14)31-21(36)35-7-5-34(6-8-35)19-20(33-38-32-19)37-17-1-2-18-13(9-17)3-4-30-18/h1-4,9-12,30H,5-8H2,(H,31,36). The number of hydrogen-bond donors (Lipinski definition) is 2. The number of aromatic nitrogens is 3. The molecule has 0 spiro atoms. The molecule has 15 heteroatoms. The Morgan fingerprint density at radius 3 is 2.26 bits per heavy atom. The molecule has 38 heavy (non-hydrogen) atoms. The van der Waals surface area contributed by atoms with Crippen LogP contribution in [0.4, 0.5) is 42.6 Å². The quantitative estimate of drug-likeness (QED) is 0.292. The Labute approximate surface area is 215 Å². The SMILES string of the molecule is O=C(Nc1cc(C(F)(F)F)cc(C(F)(F)F)c1)N1CCN(c2nsnc2Oc2ccc3[nH]ccc3c2)CC1. The molecule has 1 saturated heterocycles. The molecule has 1 aliphatic heterocycles. The second-order valence-corrected chi connectivity index (χ2v) is 8.95. The molecule has 200 valence electrons. The Bertz CT molecular complexity index is 1430. The molecule has 2 aromatic heterocycles. The van der Waals surface area contributed by atoms with Gasteiger partial charge in [-0.2, -0.15) is 30.7 Å². The first-order valence-electron chi connectivity index (χ1n) is 11.2. The third-order valence-corrected chi connectivity index (χ3v) is 6.39. The molecular formula is C23H18F6N6O2S. The summed E-state index contributed by atoms with van der Waals surface area (Å²) in [6.07, 6.45) is -8.22. The van der Waals surface area contributed by atoms with Crippen LogP contribution < -0.4 is 15.0 Å². The van der Waals surface area contributed by atoms with Gasteiger partial charge in [-0.15, -0.1) is 4.37 Å². The number of nitrogens with one attached hydrogen (secondary N) is 2. The monoisotopic (exact) mass is 556 g/mol. The number of halogens is 6. The van der Waals surface area contributed by atoms with Crippen molar-refractivity contribution in [3.8, 4) is 11.6 Å². The third-order valence-electron chi connectivity index (χ3n) is 5.89. The number of carbonyl (C=O) groups excluding carboxylic acids is 1. The van der Waals surface area contributed by atoms with Crippen molar-refractivity contribution in [1.29, 1.82) is 0 Å². The molecular weight excluding hydrogens is 538 g/mol. The van der Waals surface area contributed by atoms with Crippen molar-refractivity contribution in [2.75, 3.05) is 36.4 Å². The van der Waals surface area contributed by atoms with Crippen molar-refractivity contribution in [2.24, 2.45) is 0 Å². The topological polar surface area (TPSA) is 86.4 Å². The summed E-state index contributed by atoms with van der Waals surface area (Å²) in [6, 6.07) is 7.52. The maximum Gasteiger partial charge on any atom is 0.416 e. The van der Waals surface area contributed by atoms with Gasteiger partial charge in [0.15, 0.2) is 0 Å². The fourth-order valence-electron chi connectivity index (χ4n) is 3.99. The molecule has 0 saturated carbocycles. The summed E-state index contributed by atoms with van der Waals surface area (Å²) < 4.78 is 93.1. The van der Waals surface area contributed by atoms with Gasteiger partial charge in [0.25, 0.3) is 5.88 Å². The number of aromatic amines is 1. The van der Waals surface area contributed by atoms with Crippen LogP contribution in [0.25, 0.3) is 10.9 Å².